The van der Waals surface area contributed by atoms with Crippen molar-refractivity contribution >= 4 is 24.3 Å². The first-order chi connectivity index (χ1) is 12.7. The zero-order chi connectivity index (χ0) is 18.4. The Morgan fingerprint density at radius 3 is 2.44 bits per heavy atom. The Bertz CT molecular complexity index is 479. The van der Waals surface area contributed by atoms with Crippen molar-refractivity contribution in [3.05, 3.63) is 0 Å². The number of hydrogen-bond acceptors (Lipinski definition) is 3. The molecular weight excluding hydrogens is 364 g/mol. The first kappa shape index (κ1) is 22.3. The SMILES string of the molecule is CCCN(C(=O)C1CCCN(C(=O)NC2CCCC2)C1)C1CCNCC1.Cl. The van der Waals surface area contributed by atoms with Crippen LogP contribution >= 0.6 is 12.4 Å². The molecule has 0 aromatic rings. The van der Waals surface area contributed by atoms with Gasteiger partial charge in [0.25, 0.3) is 0 Å². The van der Waals surface area contributed by atoms with Crippen molar-refractivity contribution in [2.24, 2.45) is 5.92 Å². The van der Waals surface area contributed by atoms with Crippen molar-refractivity contribution in [1.29, 1.82) is 0 Å². The van der Waals surface area contributed by atoms with Crippen LogP contribution in [0.5, 0.6) is 0 Å². The van der Waals surface area contributed by atoms with Gasteiger partial charge in [-0.15, -0.1) is 12.4 Å². The minimum Gasteiger partial charge on any atom is -0.339 e. The maximum Gasteiger partial charge on any atom is 0.317 e. The zero-order valence-corrected chi connectivity index (χ0v) is 17.6. The van der Waals surface area contributed by atoms with E-state index in [1.54, 1.807) is 0 Å². The lowest BCUT2D eigenvalue weighted by Crippen LogP contribution is -2.53. The van der Waals surface area contributed by atoms with Gasteiger partial charge in [-0.1, -0.05) is 19.8 Å². The van der Waals surface area contributed by atoms with Gasteiger partial charge in [0, 0.05) is 31.7 Å². The number of carbonyl (C=O) groups is 2. The van der Waals surface area contributed by atoms with Gasteiger partial charge in [0.1, 0.15) is 0 Å². The summed E-state index contributed by atoms with van der Waals surface area (Å²) in [5, 5.41) is 6.57. The molecule has 0 bridgehead atoms. The van der Waals surface area contributed by atoms with Crippen molar-refractivity contribution < 1.29 is 9.59 Å². The Labute approximate surface area is 170 Å². The van der Waals surface area contributed by atoms with Gasteiger partial charge in [-0.05, 0) is 58.0 Å². The minimum absolute atomic E-state index is 0. The summed E-state index contributed by atoms with van der Waals surface area (Å²) >= 11 is 0. The number of nitrogens with zero attached hydrogens (tertiary/aromatic N) is 2. The molecule has 3 amide bonds. The topological polar surface area (TPSA) is 64.7 Å². The van der Waals surface area contributed by atoms with Crippen molar-refractivity contribution in [2.75, 3.05) is 32.7 Å². The highest BCUT2D eigenvalue weighted by Gasteiger charge is 2.34. The summed E-state index contributed by atoms with van der Waals surface area (Å²) in [6, 6.07) is 0.745. The molecule has 2 heterocycles. The van der Waals surface area contributed by atoms with Gasteiger partial charge in [-0.25, -0.2) is 4.79 Å². The number of likely N-dealkylation sites (tertiary alicyclic amines) is 1. The first-order valence-electron chi connectivity index (χ1n) is 10.8. The molecule has 7 heteroatoms. The average molecular weight is 401 g/mol. The molecule has 0 radical (unpaired) electrons. The van der Waals surface area contributed by atoms with Crippen LogP contribution in [-0.2, 0) is 4.79 Å². The van der Waals surface area contributed by atoms with Crippen LogP contribution < -0.4 is 10.6 Å². The molecule has 2 N–H and O–H groups in total. The fraction of sp³-hybridized carbons (Fsp3) is 0.900. The summed E-state index contributed by atoms with van der Waals surface area (Å²) in [6.45, 7) is 6.35. The van der Waals surface area contributed by atoms with E-state index in [2.05, 4.69) is 22.5 Å². The predicted molar refractivity (Wildman–Crippen MR) is 110 cm³/mol. The Hall–Kier alpha value is -1.01. The predicted octanol–water partition coefficient (Wildman–Crippen LogP) is 2.76. The summed E-state index contributed by atoms with van der Waals surface area (Å²) in [7, 11) is 0. The molecule has 1 aliphatic carbocycles. The second kappa shape index (κ2) is 11.1. The Balaban J connectivity index is 0.00000261. The molecule has 1 saturated carbocycles. The Morgan fingerprint density at radius 2 is 1.78 bits per heavy atom. The standard InChI is InChI=1S/C20H36N4O2.ClH/c1-2-13-24(18-9-11-21-12-10-18)19(25)16-6-5-14-23(15-16)20(26)22-17-7-3-4-8-17;/h16-18,21H,2-15H2,1H3,(H,22,26);1H. The number of urea groups is 1. The molecule has 3 rings (SSSR count). The lowest BCUT2D eigenvalue weighted by atomic mass is 9.94. The average Bonchev–Trinajstić information content (AvgIpc) is 3.19. The van der Waals surface area contributed by atoms with Crippen molar-refractivity contribution in [1.82, 2.24) is 20.4 Å². The zero-order valence-electron chi connectivity index (χ0n) is 16.8. The first-order valence-corrected chi connectivity index (χ1v) is 10.8. The van der Waals surface area contributed by atoms with Crippen LogP contribution in [0.3, 0.4) is 0 Å². The third-order valence-corrected chi connectivity index (χ3v) is 6.24. The van der Waals surface area contributed by atoms with E-state index >= 15 is 0 Å². The van der Waals surface area contributed by atoms with E-state index in [4.69, 9.17) is 0 Å². The maximum absolute atomic E-state index is 13.2. The molecule has 3 fully saturated rings. The second-order valence-electron chi connectivity index (χ2n) is 8.23. The summed E-state index contributed by atoms with van der Waals surface area (Å²) < 4.78 is 0. The van der Waals surface area contributed by atoms with Crippen molar-refractivity contribution in [2.45, 2.75) is 76.8 Å². The maximum atomic E-state index is 13.2. The lowest BCUT2D eigenvalue weighted by molar-refractivity contribution is -0.140. The van der Waals surface area contributed by atoms with E-state index in [1.165, 1.54) is 12.8 Å². The molecule has 156 valence electrons. The third kappa shape index (κ3) is 5.98. The monoisotopic (exact) mass is 400 g/mol. The van der Waals surface area contributed by atoms with Gasteiger partial charge in [0.15, 0.2) is 0 Å². The van der Waals surface area contributed by atoms with Crippen molar-refractivity contribution in [3.63, 3.8) is 0 Å². The molecule has 0 aromatic carbocycles. The number of rotatable bonds is 5. The van der Waals surface area contributed by atoms with E-state index in [-0.39, 0.29) is 30.3 Å². The number of carbonyl (C=O) groups excluding carboxylic acids is 2. The van der Waals surface area contributed by atoms with Gasteiger partial charge in [-0.2, -0.15) is 0 Å². The Morgan fingerprint density at radius 1 is 1.07 bits per heavy atom. The molecule has 6 nitrogen and oxygen atoms in total. The van der Waals surface area contributed by atoms with Gasteiger partial charge in [-0.3, -0.25) is 4.79 Å². The van der Waals surface area contributed by atoms with Gasteiger partial charge >= 0.3 is 6.03 Å². The molecule has 27 heavy (non-hydrogen) atoms. The number of piperidine rings is 2. The molecule has 2 saturated heterocycles. The van der Waals surface area contributed by atoms with E-state index in [9.17, 15) is 9.59 Å². The number of nitrogens with one attached hydrogen (secondary N) is 2. The molecule has 2 aliphatic heterocycles. The summed E-state index contributed by atoms with van der Waals surface area (Å²) in [5.41, 5.74) is 0. The normalized spacial score (nSPS) is 24.3. The summed E-state index contributed by atoms with van der Waals surface area (Å²) in [5.74, 6) is 0.247. The number of halogens is 1. The number of hydrogen-bond donors (Lipinski definition) is 2. The highest BCUT2D eigenvalue weighted by atomic mass is 35.5. The van der Waals surface area contributed by atoms with Crippen LogP contribution in [0.25, 0.3) is 0 Å². The molecular formula is C20H37ClN4O2. The fourth-order valence-corrected chi connectivity index (χ4v) is 4.77. The van der Waals surface area contributed by atoms with E-state index in [1.807, 2.05) is 4.90 Å². The third-order valence-electron chi connectivity index (χ3n) is 6.24. The van der Waals surface area contributed by atoms with Crippen LogP contribution in [0.2, 0.25) is 0 Å². The van der Waals surface area contributed by atoms with Gasteiger partial charge in [0.2, 0.25) is 5.91 Å². The largest absolute Gasteiger partial charge is 0.339 e. The van der Waals surface area contributed by atoms with E-state index in [0.29, 0.717) is 18.6 Å². The summed E-state index contributed by atoms with van der Waals surface area (Å²) in [6.07, 6.45) is 9.56. The van der Waals surface area contributed by atoms with E-state index < -0.39 is 0 Å². The number of amides is 3. The Kier molecular flexibility index (Phi) is 9.16. The quantitative estimate of drug-likeness (QED) is 0.745. The van der Waals surface area contributed by atoms with Crippen LogP contribution in [0.4, 0.5) is 4.79 Å². The van der Waals surface area contributed by atoms with E-state index in [0.717, 1.165) is 71.1 Å². The lowest BCUT2D eigenvalue weighted by Gasteiger charge is -2.39. The van der Waals surface area contributed by atoms with Crippen LogP contribution in [-0.4, -0.2) is 66.5 Å². The van der Waals surface area contributed by atoms with Gasteiger partial charge < -0.3 is 20.4 Å². The molecule has 0 aromatic heterocycles. The van der Waals surface area contributed by atoms with Crippen LogP contribution in [0.1, 0.15) is 64.7 Å². The fourth-order valence-electron chi connectivity index (χ4n) is 4.77. The highest BCUT2D eigenvalue weighted by molar-refractivity contribution is 5.85. The molecule has 1 atom stereocenters. The summed E-state index contributed by atoms with van der Waals surface area (Å²) in [4.78, 5) is 29.9. The van der Waals surface area contributed by atoms with Gasteiger partial charge in [0.05, 0.1) is 5.92 Å². The second-order valence-corrected chi connectivity index (χ2v) is 8.23. The highest BCUT2D eigenvalue weighted by Crippen LogP contribution is 2.24. The van der Waals surface area contributed by atoms with Crippen LogP contribution in [0, 0.1) is 5.92 Å². The molecule has 0 spiro atoms. The van der Waals surface area contributed by atoms with Crippen LogP contribution in [0.15, 0.2) is 0 Å². The minimum atomic E-state index is -0.0282. The molecule has 1 unspecified atom stereocenters. The van der Waals surface area contributed by atoms with Crippen molar-refractivity contribution in [3.8, 4) is 0 Å². The smallest absolute Gasteiger partial charge is 0.317 e. The molecule has 3 aliphatic rings.